The van der Waals surface area contributed by atoms with Crippen LogP contribution < -0.4 is 10.6 Å². The lowest BCUT2D eigenvalue weighted by Crippen LogP contribution is -2.13. The van der Waals surface area contributed by atoms with Crippen LogP contribution in [0.2, 0.25) is 0 Å². The molecule has 2 heteroatoms. The van der Waals surface area contributed by atoms with Gasteiger partial charge in [0, 0.05) is 27.3 Å². The first-order valence-corrected chi connectivity index (χ1v) is 13.6. The van der Waals surface area contributed by atoms with Gasteiger partial charge in [0.1, 0.15) is 0 Å². The van der Waals surface area contributed by atoms with E-state index < -0.39 is 7.26 Å². The van der Waals surface area contributed by atoms with Crippen molar-refractivity contribution in [3.05, 3.63) is 60.7 Å². The average Bonchev–Trinajstić information content (AvgIpc) is 2.55. The van der Waals surface area contributed by atoms with Gasteiger partial charge in [-0.25, -0.2) is 0 Å². The van der Waals surface area contributed by atoms with Crippen molar-refractivity contribution in [2.24, 2.45) is 0 Å². The fourth-order valence-electron chi connectivity index (χ4n) is 2.83. The highest BCUT2D eigenvalue weighted by atomic mass is 31.2. The fourth-order valence-corrected chi connectivity index (χ4v) is 6.42. The Morgan fingerprint density at radius 1 is 0.652 bits per heavy atom. The molecule has 0 aromatic heterocycles. The third-order valence-electron chi connectivity index (χ3n) is 4.10. The quantitative estimate of drug-likeness (QED) is 0.411. The van der Waals surface area contributed by atoms with Crippen molar-refractivity contribution >= 4 is 25.8 Å². The van der Waals surface area contributed by atoms with Crippen molar-refractivity contribution in [1.29, 1.82) is 0 Å². The molecule has 0 heterocycles. The van der Waals surface area contributed by atoms with Crippen LogP contribution in [0.1, 0.15) is 25.7 Å². The Morgan fingerprint density at radius 3 is 1.61 bits per heavy atom. The Bertz CT molecular complexity index is 504. The second kappa shape index (κ2) is 9.56. The number of unbranched alkanes of at least 4 members (excludes halogenated alkanes) is 3. The van der Waals surface area contributed by atoms with Gasteiger partial charge in [0.05, 0.1) is 6.16 Å². The molecule has 124 valence electrons. The van der Waals surface area contributed by atoms with E-state index in [2.05, 4.69) is 80.7 Å². The van der Waals surface area contributed by atoms with E-state index in [-0.39, 0.29) is 7.92 Å². The van der Waals surface area contributed by atoms with E-state index in [1.165, 1.54) is 48.6 Å². The van der Waals surface area contributed by atoms with Gasteiger partial charge in [-0.3, -0.25) is 0 Å². The van der Waals surface area contributed by atoms with Crippen molar-refractivity contribution < 1.29 is 0 Å². The highest BCUT2D eigenvalue weighted by Gasteiger charge is 2.16. The average molecular weight is 345 g/mol. The molecule has 0 fully saturated rings. The third kappa shape index (κ3) is 7.15. The molecular weight excluding hydrogens is 314 g/mol. The molecule has 0 saturated heterocycles. The molecule has 0 saturated carbocycles. The molecule has 0 spiro atoms. The molecule has 0 atom stereocenters. The molecule has 0 unspecified atom stereocenters. The number of hydrogen-bond donors (Lipinski definition) is 0. The summed E-state index contributed by atoms with van der Waals surface area (Å²) in [7, 11) is -0.762. The second-order valence-corrected chi connectivity index (χ2v) is 14.6. The zero-order valence-corrected chi connectivity index (χ0v) is 16.7. The van der Waals surface area contributed by atoms with Crippen molar-refractivity contribution in [3.8, 4) is 0 Å². The van der Waals surface area contributed by atoms with Crippen LogP contribution in [-0.4, -0.2) is 32.3 Å². The normalized spacial score (nSPS) is 11.8. The first kappa shape index (κ1) is 18.6. The Morgan fingerprint density at radius 2 is 1.13 bits per heavy atom. The van der Waals surface area contributed by atoms with Crippen molar-refractivity contribution in [2.45, 2.75) is 25.7 Å². The standard InChI is InChI=1S/C21H31P2/c1-23(2,3)19-13-5-4-12-18-22(20-14-8-6-9-15-20)21-16-10-7-11-17-21/h6-11,14-17H,4-5,12-13,18-19H2,1-3H3/q+1. The topological polar surface area (TPSA) is 0 Å². The predicted molar refractivity (Wildman–Crippen MR) is 112 cm³/mol. The lowest BCUT2D eigenvalue weighted by molar-refractivity contribution is 0.707. The number of rotatable bonds is 9. The van der Waals surface area contributed by atoms with Crippen molar-refractivity contribution in [1.82, 2.24) is 0 Å². The largest absolute Gasteiger partial charge is 0.0622 e. The van der Waals surface area contributed by atoms with Crippen molar-refractivity contribution in [3.63, 3.8) is 0 Å². The molecule has 0 aliphatic carbocycles. The Labute approximate surface area is 144 Å². The summed E-state index contributed by atoms with van der Waals surface area (Å²) in [4.78, 5) is 0. The minimum absolute atomic E-state index is 0.187. The highest BCUT2D eigenvalue weighted by Crippen LogP contribution is 2.47. The first-order valence-electron chi connectivity index (χ1n) is 8.74. The summed E-state index contributed by atoms with van der Waals surface area (Å²) < 4.78 is 0. The van der Waals surface area contributed by atoms with Gasteiger partial charge < -0.3 is 0 Å². The second-order valence-electron chi connectivity index (χ2n) is 7.25. The van der Waals surface area contributed by atoms with E-state index in [1.807, 2.05) is 0 Å². The molecule has 2 aromatic rings. The smallest absolute Gasteiger partial charge is 0.0586 e. The van der Waals surface area contributed by atoms with E-state index in [1.54, 1.807) is 0 Å². The summed E-state index contributed by atoms with van der Waals surface area (Å²) >= 11 is 0. The van der Waals surface area contributed by atoms with Gasteiger partial charge in [-0.05, 0) is 44.0 Å². The molecular formula is C21H31P2+. The van der Waals surface area contributed by atoms with Crippen LogP contribution in [0.25, 0.3) is 0 Å². The van der Waals surface area contributed by atoms with Gasteiger partial charge in [0.25, 0.3) is 0 Å². The van der Waals surface area contributed by atoms with Crippen LogP contribution in [0.3, 0.4) is 0 Å². The maximum atomic E-state index is 2.46. The molecule has 0 amide bonds. The summed E-state index contributed by atoms with van der Waals surface area (Å²) in [6, 6.07) is 22.2. The summed E-state index contributed by atoms with van der Waals surface area (Å²) in [5.41, 5.74) is 0. The molecule has 2 aromatic carbocycles. The SMILES string of the molecule is C[P+](C)(C)CCCCCCP(c1ccccc1)c1ccccc1. The highest BCUT2D eigenvalue weighted by molar-refractivity contribution is 7.73. The Hall–Kier alpha value is -0.700. The van der Waals surface area contributed by atoms with Crippen LogP contribution >= 0.6 is 15.2 Å². The maximum absolute atomic E-state index is 2.46. The van der Waals surface area contributed by atoms with Crippen LogP contribution in [0.15, 0.2) is 60.7 Å². The molecule has 23 heavy (non-hydrogen) atoms. The van der Waals surface area contributed by atoms with Gasteiger partial charge in [-0.1, -0.05) is 67.1 Å². The van der Waals surface area contributed by atoms with Crippen LogP contribution in [0, 0.1) is 0 Å². The van der Waals surface area contributed by atoms with Gasteiger partial charge in [0.15, 0.2) is 0 Å². The summed E-state index contributed by atoms with van der Waals surface area (Å²) in [6.45, 7) is 7.37. The minimum atomic E-state index is -0.575. The molecule has 0 N–H and O–H groups in total. The summed E-state index contributed by atoms with van der Waals surface area (Å²) in [5.74, 6) is 0. The van der Waals surface area contributed by atoms with Crippen molar-refractivity contribution in [2.75, 3.05) is 32.3 Å². The van der Waals surface area contributed by atoms with E-state index in [0.29, 0.717) is 0 Å². The van der Waals surface area contributed by atoms with E-state index in [4.69, 9.17) is 0 Å². The fraction of sp³-hybridized carbons (Fsp3) is 0.429. The Balaban J connectivity index is 1.87. The predicted octanol–water partition coefficient (Wildman–Crippen LogP) is 5.59. The van der Waals surface area contributed by atoms with E-state index in [0.717, 1.165) is 0 Å². The summed E-state index contributed by atoms with van der Waals surface area (Å²) in [5, 5.41) is 3.05. The van der Waals surface area contributed by atoms with Gasteiger partial charge in [-0.2, -0.15) is 0 Å². The van der Waals surface area contributed by atoms with Crippen LogP contribution in [0.4, 0.5) is 0 Å². The monoisotopic (exact) mass is 345 g/mol. The lowest BCUT2D eigenvalue weighted by atomic mass is 10.2. The molecule has 0 aliphatic rings. The maximum Gasteiger partial charge on any atom is 0.0586 e. The zero-order chi connectivity index (χ0) is 16.5. The van der Waals surface area contributed by atoms with E-state index in [9.17, 15) is 0 Å². The zero-order valence-electron chi connectivity index (χ0n) is 14.9. The van der Waals surface area contributed by atoms with Crippen LogP contribution in [0.5, 0.6) is 0 Å². The van der Waals surface area contributed by atoms with E-state index >= 15 is 0 Å². The summed E-state index contributed by atoms with van der Waals surface area (Å²) in [6.07, 6.45) is 8.36. The molecule has 0 bridgehead atoms. The number of hydrogen-bond acceptors (Lipinski definition) is 0. The Kier molecular flexibility index (Phi) is 7.75. The van der Waals surface area contributed by atoms with Crippen LogP contribution in [-0.2, 0) is 0 Å². The molecule has 0 aliphatic heterocycles. The first-order chi connectivity index (χ1) is 11.1. The number of benzene rings is 2. The minimum Gasteiger partial charge on any atom is -0.0622 e. The molecule has 0 radical (unpaired) electrons. The van der Waals surface area contributed by atoms with Gasteiger partial charge in [0.2, 0.25) is 0 Å². The van der Waals surface area contributed by atoms with Gasteiger partial charge >= 0.3 is 0 Å². The van der Waals surface area contributed by atoms with Gasteiger partial charge in [-0.15, -0.1) is 0 Å². The third-order valence-corrected chi connectivity index (χ3v) is 8.36. The molecule has 2 rings (SSSR count). The molecule has 0 nitrogen and oxygen atoms in total. The lowest BCUT2D eigenvalue weighted by Gasteiger charge is -2.18.